The van der Waals surface area contributed by atoms with E-state index in [1.54, 1.807) is 0 Å². The van der Waals surface area contributed by atoms with Crippen molar-refractivity contribution in [2.75, 3.05) is 19.8 Å². The minimum Gasteiger partial charge on any atom is -0.394 e. The van der Waals surface area contributed by atoms with Gasteiger partial charge in [-0.2, -0.15) is 0 Å². The zero-order chi connectivity index (χ0) is 25.3. The quantitative estimate of drug-likeness (QED) is 0.154. The van der Waals surface area contributed by atoms with E-state index in [0.717, 1.165) is 0 Å². The summed E-state index contributed by atoms with van der Waals surface area (Å²) in [5, 5.41) is 89.9. The average Bonchev–Trinajstić information content (AvgIpc) is 2.83. The van der Waals surface area contributed by atoms with Crippen LogP contribution in [0.3, 0.4) is 0 Å². The maximum absolute atomic E-state index is 10.7. The molecule has 200 valence electrons. The van der Waals surface area contributed by atoms with E-state index in [-0.39, 0.29) is 0 Å². The van der Waals surface area contributed by atoms with Gasteiger partial charge in [0, 0.05) is 0 Å². The van der Waals surface area contributed by atoms with Crippen molar-refractivity contribution in [1.29, 1.82) is 0 Å². The van der Waals surface area contributed by atoms with Crippen LogP contribution in [0.2, 0.25) is 0 Å². The normalized spacial score (nSPS) is 52.5. The van der Waals surface area contributed by atoms with Gasteiger partial charge < -0.3 is 81.1 Å². The lowest BCUT2D eigenvalue weighted by Crippen LogP contribution is -2.68. The summed E-state index contributed by atoms with van der Waals surface area (Å²) in [6.45, 7) is -2.10. The molecule has 16 nitrogen and oxygen atoms in total. The highest BCUT2D eigenvalue weighted by atomic mass is 16.7. The van der Waals surface area contributed by atoms with Crippen LogP contribution < -0.4 is 11.5 Å². The number of hydrogen-bond acceptors (Lipinski definition) is 16. The first-order valence-electron chi connectivity index (χ1n) is 10.7. The van der Waals surface area contributed by atoms with Gasteiger partial charge in [-0.3, -0.25) is 0 Å². The van der Waals surface area contributed by atoms with Gasteiger partial charge >= 0.3 is 0 Å². The number of nitrogens with two attached hydrogens (primary N) is 2. The third-order valence-corrected chi connectivity index (χ3v) is 6.25. The maximum Gasteiger partial charge on any atom is 0.187 e. The van der Waals surface area contributed by atoms with Crippen LogP contribution >= 0.6 is 0 Å². The molecule has 0 bridgehead atoms. The van der Waals surface area contributed by atoms with Gasteiger partial charge in [-0.15, -0.1) is 0 Å². The van der Waals surface area contributed by atoms with Gasteiger partial charge in [0.05, 0.1) is 31.9 Å². The fourth-order valence-corrected chi connectivity index (χ4v) is 4.14. The van der Waals surface area contributed by atoms with Crippen molar-refractivity contribution in [3.8, 4) is 0 Å². The van der Waals surface area contributed by atoms with Gasteiger partial charge in [0.2, 0.25) is 0 Å². The van der Waals surface area contributed by atoms with Crippen molar-refractivity contribution < 1.29 is 69.6 Å². The first-order chi connectivity index (χ1) is 16.0. The summed E-state index contributed by atoms with van der Waals surface area (Å²) >= 11 is 0. The van der Waals surface area contributed by atoms with Crippen LogP contribution in [-0.2, 0) is 23.7 Å². The second-order valence-electron chi connectivity index (χ2n) is 8.51. The highest BCUT2D eigenvalue weighted by Crippen LogP contribution is 2.31. The Balaban J connectivity index is 1.72. The van der Waals surface area contributed by atoms with Gasteiger partial charge in [0.1, 0.15) is 61.0 Å². The van der Waals surface area contributed by atoms with Crippen LogP contribution in [0.5, 0.6) is 0 Å². The monoisotopic (exact) mass is 502 g/mol. The highest BCUT2D eigenvalue weighted by molar-refractivity contribution is 4.97. The Morgan fingerprint density at radius 1 is 0.529 bits per heavy atom. The Labute approximate surface area is 193 Å². The third-order valence-electron chi connectivity index (χ3n) is 6.25. The molecule has 3 fully saturated rings. The summed E-state index contributed by atoms with van der Waals surface area (Å²) in [6, 6.07) is -2.63. The zero-order valence-corrected chi connectivity index (χ0v) is 18.0. The summed E-state index contributed by atoms with van der Waals surface area (Å²) in [5.41, 5.74) is 11.6. The number of hydrogen-bond donors (Lipinski definition) is 11. The fraction of sp³-hybridized carbons (Fsp3) is 1.00. The van der Waals surface area contributed by atoms with Crippen molar-refractivity contribution in [2.45, 2.75) is 92.0 Å². The number of aliphatic hydroxyl groups is 9. The minimum absolute atomic E-state index is 0.673. The molecule has 0 unspecified atom stereocenters. The molecule has 0 aromatic rings. The first kappa shape index (κ1) is 27.9. The molecular formula is C18H34N2O14. The van der Waals surface area contributed by atoms with E-state index in [4.69, 9.17) is 35.2 Å². The standard InChI is InChI=1S/C18H34N2O14/c19-7-11(26)9(24)4(1-21)31-17(7)33-14-6(3-23)32-18(13(28)12(14)27)34-15-8(20)16(29)30-5(2-22)10(15)25/h4-18,21-29H,1-3,19-20H2/t4-,5-,6-,7-,8-,9-,10+,11-,12-,13-,14+,15-,16+,17-,18+/m1/s1. The van der Waals surface area contributed by atoms with E-state index >= 15 is 0 Å². The molecule has 0 aromatic carbocycles. The smallest absolute Gasteiger partial charge is 0.187 e. The lowest BCUT2D eigenvalue weighted by molar-refractivity contribution is -0.363. The molecule has 15 atom stereocenters. The van der Waals surface area contributed by atoms with Crippen LogP contribution in [0.4, 0.5) is 0 Å². The summed E-state index contributed by atoms with van der Waals surface area (Å²) < 4.78 is 26.9. The van der Waals surface area contributed by atoms with Crippen LogP contribution in [0.25, 0.3) is 0 Å². The van der Waals surface area contributed by atoms with Crippen molar-refractivity contribution in [2.24, 2.45) is 11.5 Å². The van der Waals surface area contributed by atoms with Gasteiger partial charge in [0.15, 0.2) is 18.9 Å². The van der Waals surface area contributed by atoms with Crippen molar-refractivity contribution in [1.82, 2.24) is 0 Å². The molecule has 16 heteroatoms. The predicted octanol–water partition coefficient (Wildman–Crippen LogP) is -7.64. The second-order valence-corrected chi connectivity index (χ2v) is 8.51. The molecule has 34 heavy (non-hydrogen) atoms. The van der Waals surface area contributed by atoms with E-state index in [2.05, 4.69) is 0 Å². The number of aliphatic hydroxyl groups excluding tert-OH is 9. The maximum atomic E-state index is 10.7. The third kappa shape index (κ3) is 5.37. The molecule has 0 spiro atoms. The van der Waals surface area contributed by atoms with Crippen molar-refractivity contribution in [3.05, 3.63) is 0 Å². The number of ether oxygens (including phenoxy) is 5. The minimum atomic E-state index is -1.83. The summed E-state index contributed by atoms with van der Waals surface area (Å²) in [6.07, 6.45) is -19.7. The largest absolute Gasteiger partial charge is 0.394 e. The molecule has 0 aliphatic carbocycles. The predicted molar refractivity (Wildman–Crippen MR) is 105 cm³/mol. The molecule has 3 saturated heterocycles. The van der Waals surface area contributed by atoms with E-state index in [1.807, 2.05) is 0 Å². The van der Waals surface area contributed by atoms with Gasteiger partial charge in [-0.25, -0.2) is 0 Å². The van der Waals surface area contributed by atoms with Gasteiger partial charge in [-0.1, -0.05) is 0 Å². The average molecular weight is 502 g/mol. The number of rotatable bonds is 7. The summed E-state index contributed by atoms with van der Waals surface area (Å²) in [7, 11) is 0. The van der Waals surface area contributed by atoms with E-state index in [1.165, 1.54) is 0 Å². The Morgan fingerprint density at radius 3 is 1.65 bits per heavy atom. The molecule has 0 aromatic heterocycles. The van der Waals surface area contributed by atoms with E-state index < -0.39 is 112 Å². The van der Waals surface area contributed by atoms with Crippen LogP contribution in [0.15, 0.2) is 0 Å². The lowest BCUT2D eigenvalue weighted by atomic mass is 9.95. The molecule has 0 saturated carbocycles. The van der Waals surface area contributed by atoms with Crippen molar-refractivity contribution in [3.63, 3.8) is 0 Å². The summed E-state index contributed by atoms with van der Waals surface area (Å²) in [4.78, 5) is 0. The Kier molecular flexibility index (Phi) is 9.54. The Bertz CT molecular complexity index is 646. The van der Waals surface area contributed by atoms with Crippen LogP contribution in [-0.4, -0.2) is 158 Å². The SMILES string of the molecule is N[C@@H]1[C@@H](O[C@@H]2O[C@H](CO)[C@H](O[C@H]3O[C@H](CO)[C@@H](O)[C@H](O)[C@H]3N)[C@H](O)[C@H]2O)[C@@H](O)[C@@H](CO)O[C@@H]1O. The fourth-order valence-electron chi connectivity index (χ4n) is 4.14. The van der Waals surface area contributed by atoms with Gasteiger partial charge in [-0.05, 0) is 0 Å². The first-order valence-corrected chi connectivity index (χ1v) is 10.7. The van der Waals surface area contributed by atoms with E-state index in [9.17, 15) is 46.0 Å². The Hall–Kier alpha value is -0.640. The second kappa shape index (κ2) is 11.6. The summed E-state index contributed by atoms with van der Waals surface area (Å²) in [5.74, 6) is 0. The molecule has 3 aliphatic heterocycles. The topological polar surface area (TPSA) is 280 Å². The van der Waals surface area contributed by atoms with E-state index in [0.29, 0.717) is 0 Å². The molecule has 3 rings (SSSR count). The van der Waals surface area contributed by atoms with Gasteiger partial charge in [0.25, 0.3) is 0 Å². The zero-order valence-electron chi connectivity index (χ0n) is 18.0. The van der Waals surface area contributed by atoms with Crippen molar-refractivity contribution >= 4 is 0 Å². The molecule has 0 amide bonds. The Morgan fingerprint density at radius 2 is 1.06 bits per heavy atom. The molecule has 3 heterocycles. The van der Waals surface area contributed by atoms with Crippen LogP contribution in [0, 0.1) is 0 Å². The molecular weight excluding hydrogens is 468 g/mol. The molecule has 0 radical (unpaired) electrons. The molecule has 3 aliphatic rings. The lowest BCUT2D eigenvalue weighted by Gasteiger charge is -2.48. The highest BCUT2D eigenvalue weighted by Gasteiger charge is 2.52. The molecule has 13 N–H and O–H groups in total. The van der Waals surface area contributed by atoms with Crippen LogP contribution in [0.1, 0.15) is 0 Å².